The monoisotopic (exact) mass is 247 g/mol. The maximum absolute atomic E-state index is 12.6. The topological polar surface area (TPSA) is 58.9 Å². The van der Waals surface area contributed by atoms with Gasteiger partial charge >= 0.3 is 6.18 Å². The molecule has 7 heteroatoms. The molecule has 1 aromatic carbocycles. The smallest absolute Gasteiger partial charge is 0.416 e. The summed E-state index contributed by atoms with van der Waals surface area (Å²) in [5, 5.41) is 9.54. The van der Waals surface area contributed by atoms with Gasteiger partial charge in [0, 0.05) is 5.56 Å². The van der Waals surface area contributed by atoms with Crippen molar-refractivity contribution in [2.45, 2.75) is 12.7 Å². The maximum Gasteiger partial charge on any atom is 0.416 e. The first-order valence-corrected chi connectivity index (χ1v) is 4.41. The van der Waals surface area contributed by atoms with Crippen molar-refractivity contribution in [3.05, 3.63) is 23.3 Å². The van der Waals surface area contributed by atoms with E-state index in [4.69, 9.17) is 0 Å². The lowest BCUT2D eigenvalue weighted by Crippen LogP contribution is -2.09. The number of benzene rings is 1. The van der Waals surface area contributed by atoms with E-state index in [1.165, 1.54) is 7.11 Å². The molecule has 0 saturated heterocycles. The number of phenolic OH excluding ortho intramolecular Hbond substituents is 1. The average Bonchev–Trinajstić information content (AvgIpc) is 2.25. The van der Waals surface area contributed by atoms with Gasteiger partial charge in [-0.15, -0.1) is 0 Å². The maximum atomic E-state index is 12.6. The van der Waals surface area contributed by atoms with Crippen LogP contribution in [0.4, 0.5) is 13.2 Å². The number of nitrogens with zero attached hydrogens (tertiary/aromatic N) is 1. The Morgan fingerprint density at radius 3 is 2.59 bits per heavy atom. The zero-order valence-electron chi connectivity index (χ0n) is 8.71. The molecule has 4 nitrogen and oxygen atoms in total. The van der Waals surface area contributed by atoms with Crippen molar-refractivity contribution in [3.8, 4) is 11.5 Å². The number of halogens is 3. The number of methoxy groups -OCH3 is 1. The molecule has 1 rings (SSSR count). The van der Waals surface area contributed by atoms with E-state index >= 15 is 0 Å². The molecule has 0 aliphatic carbocycles. The summed E-state index contributed by atoms with van der Waals surface area (Å²) in [5.41, 5.74) is -1.57. The molecule has 0 aliphatic rings. The third-order valence-corrected chi connectivity index (χ3v) is 2.07. The van der Waals surface area contributed by atoms with E-state index in [0.29, 0.717) is 0 Å². The second kappa shape index (κ2) is 4.88. The Hall–Kier alpha value is -2.01. The number of carbonyl (C=O) groups excluding carboxylic acids is 1. The summed E-state index contributed by atoms with van der Waals surface area (Å²) >= 11 is 0. The largest absolute Gasteiger partial charge is 0.504 e. The third kappa shape index (κ3) is 2.76. The molecule has 0 bridgehead atoms. The van der Waals surface area contributed by atoms with Gasteiger partial charge in [0.15, 0.2) is 11.5 Å². The molecule has 0 amide bonds. The Morgan fingerprint density at radius 2 is 2.12 bits per heavy atom. The summed E-state index contributed by atoms with van der Waals surface area (Å²) in [6, 6.07) is 1.75. The quantitative estimate of drug-likeness (QED) is 0.658. The predicted molar refractivity (Wildman–Crippen MR) is 51.5 cm³/mol. The van der Waals surface area contributed by atoms with Crippen LogP contribution in [0.3, 0.4) is 0 Å². The second-order valence-corrected chi connectivity index (χ2v) is 3.05. The van der Waals surface area contributed by atoms with Crippen molar-refractivity contribution >= 4 is 6.08 Å². The van der Waals surface area contributed by atoms with Crippen molar-refractivity contribution in [3.63, 3.8) is 0 Å². The minimum atomic E-state index is -4.64. The van der Waals surface area contributed by atoms with Gasteiger partial charge in [-0.05, 0) is 12.1 Å². The zero-order chi connectivity index (χ0) is 13.1. The van der Waals surface area contributed by atoms with Crippen LogP contribution < -0.4 is 4.74 Å². The number of isocyanates is 1. The molecule has 92 valence electrons. The number of phenols is 1. The third-order valence-electron chi connectivity index (χ3n) is 2.07. The highest BCUT2D eigenvalue weighted by Gasteiger charge is 2.35. The van der Waals surface area contributed by atoms with E-state index in [1.807, 2.05) is 0 Å². The minimum Gasteiger partial charge on any atom is -0.504 e. The number of ether oxygens (including phenoxy) is 1. The highest BCUT2D eigenvalue weighted by Crippen LogP contribution is 2.40. The molecule has 0 fully saturated rings. The van der Waals surface area contributed by atoms with E-state index in [1.54, 1.807) is 0 Å². The summed E-state index contributed by atoms with van der Waals surface area (Å²) in [4.78, 5) is 13.0. The van der Waals surface area contributed by atoms with Crippen LogP contribution >= 0.6 is 0 Å². The molecule has 0 aromatic heterocycles. The number of alkyl halides is 3. The lowest BCUT2D eigenvalue weighted by molar-refractivity contribution is -0.138. The predicted octanol–water partition coefficient (Wildman–Crippen LogP) is 2.26. The summed E-state index contributed by atoms with van der Waals surface area (Å²) in [7, 11) is 1.20. The Morgan fingerprint density at radius 1 is 1.47 bits per heavy atom. The van der Waals surface area contributed by atoms with Crippen LogP contribution in [0.2, 0.25) is 0 Å². The van der Waals surface area contributed by atoms with Gasteiger partial charge in [0.1, 0.15) is 0 Å². The standard InChI is InChI=1S/C10H8F3NO3/c1-17-8-3-2-7(10(11,12)13)6(9(8)16)4-14-5-15/h2-3,16H,4H2,1H3. The lowest BCUT2D eigenvalue weighted by Gasteiger charge is -2.14. The van der Waals surface area contributed by atoms with Crippen LogP contribution in [0.25, 0.3) is 0 Å². The molecule has 0 radical (unpaired) electrons. The molecule has 0 atom stereocenters. The highest BCUT2D eigenvalue weighted by atomic mass is 19.4. The lowest BCUT2D eigenvalue weighted by atomic mass is 10.1. The van der Waals surface area contributed by atoms with Crippen molar-refractivity contribution in [1.82, 2.24) is 0 Å². The average molecular weight is 247 g/mol. The number of aliphatic imine (C=N–C) groups is 1. The molecule has 1 aromatic rings. The van der Waals surface area contributed by atoms with Crippen molar-refractivity contribution in [1.29, 1.82) is 0 Å². The molecule has 0 heterocycles. The SMILES string of the molecule is COc1ccc(C(F)(F)F)c(CN=C=O)c1O. The first-order valence-electron chi connectivity index (χ1n) is 4.41. The molecule has 0 spiro atoms. The fraction of sp³-hybridized carbons (Fsp3) is 0.300. The first kappa shape index (κ1) is 13.1. The van der Waals surface area contributed by atoms with E-state index in [0.717, 1.165) is 18.2 Å². The van der Waals surface area contributed by atoms with Gasteiger partial charge in [0.05, 0.1) is 19.2 Å². The van der Waals surface area contributed by atoms with Crippen LogP contribution in [-0.2, 0) is 17.5 Å². The van der Waals surface area contributed by atoms with E-state index in [9.17, 15) is 23.1 Å². The first-order chi connectivity index (χ1) is 7.91. The van der Waals surface area contributed by atoms with Crippen molar-refractivity contribution < 1.29 is 27.8 Å². The van der Waals surface area contributed by atoms with E-state index < -0.39 is 29.6 Å². The van der Waals surface area contributed by atoms with Crippen LogP contribution in [0.1, 0.15) is 11.1 Å². The van der Waals surface area contributed by atoms with Gasteiger partial charge in [-0.1, -0.05) is 0 Å². The number of hydrogen-bond donors (Lipinski definition) is 1. The van der Waals surface area contributed by atoms with E-state index in [-0.39, 0.29) is 5.75 Å². The van der Waals surface area contributed by atoms with Crippen LogP contribution in [0, 0.1) is 0 Å². The Kier molecular flexibility index (Phi) is 3.75. The number of hydrogen-bond acceptors (Lipinski definition) is 4. The highest BCUT2D eigenvalue weighted by molar-refractivity contribution is 5.51. The molecule has 0 aliphatic heterocycles. The van der Waals surface area contributed by atoms with Crippen LogP contribution in [0.5, 0.6) is 11.5 Å². The summed E-state index contributed by atoms with van der Waals surface area (Å²) in [6.45, 7) is -0.610. The van der Waals surface area contributed by atoms with Gasteiger partial charge in [0.2, 0.25) is 6.08 Å². The Labute approximate surface area is 94.4 Å². The molecule has 1 N–H and O–H groups in total. The summed E-state index contributed by atoms with van der Waals surface area (Å²) in [6.07, 6.45) is -3.53. The molecule has 0 unspecified atom stereocenters. The molecular weight excluding hydrogens is 239 g/mol. The van der Waals surface area contributed by atoms with Gasteiger partial charge in [-0.2, -0.15) is 13.2 Å². The zero-order valence-corrected chi connectivity index (χ0v) is 8.71. The van der Waals surface area contributed by atoms with Gasteiger partial charge in [-0.3, -0.25) is 0 Å². The van der Waals surface area contributed by atoms with Crippen LogP contribution in [0.15, 0.2) is 17.1 Å². The van der Waals surface area contributed by atoms with Gasteiger partial charge in [-0.25, -0.2) is 9.79 Å². The van der Waals surface area contributed by atoms with E-state index in [2.05, 4.69) is 9.73 Å². The molecular formula is C10H8F3NO3. The normalized spacial score (nSPS) is 10.8. The number of rotatable bonds is 3. The Balaban J connectivity index is 3.40. The fourth-order valence-corrected chi connectivity index (χ4v) is 1.32. The minimum absolute atomic E-state index is 0.117. The molecule has 17 heavy (non-hydrogen) atoms. The summed E-state index contributed by atoms with van der Waals surface area (Å²) in [5.74, 6) is -0.796. The number of aromatic hydroxyl groups is 1. The fourth-order valence-electron chi connectivity index (χ4n) is 1.32. The summed E-state index contributed by atoms with van der Waals surface area (Å²) < 4.78 is 42.5. The second-order valence-electron chi connectivity index (χ2n) is 3.05. The van der Waals surface area contributed by atoms with Gasteiger partial charge in [0.25, 0.3) is 0 Å². The van der Waals surface area contributed by atoms with Crippen molar-refractivity contribution in [2.75, 3.05) is 7.11 Å². The van der Waals surface area contributed by atoms with Crippen molar-refractivity contribution in [2.24, 2.45) is 4.99 Å². The molecule has 0 saturated carbocycles. The Bertz CT molecular complexity index is 465. The van der Waals surface area contributed by atoms with Gasteiger partial charge < -0.3 is 9.84 Å². The van der Waals surface area contributed by atoms with Crippen LogP contribution in [-0.4, -0.2) is 18.3 Å².